The molecule has 4 rings (SSSR count). The lowest BCUT2D eigenvalue weighted by Gasteiger charge is -2.13. The number of nitrogen functional groups attached to an aromatic ring is 1. The van der Waals surface area contributed by atoms with Crippen molar-refractivity contribution in [2.45, 2.75) is 14.7 Å². The maximum atomic E-state index is 11.8. The summed E-state index contributed by atoms with van der Waals surface area (Å²) in [7, 11) is -14.4. The number of phenols is 1. The first-order valence-corrected chi connectivity index (χ1v) is 14.9. The van der Waals surface area contributed by atoms with E-state index >= 15 is 0 Å². The van der Waals surface area contributed by atoms with E-state index in [0.717, 1.165) is 24.3 Å². The Labute approximate surface area is 226 Å². The van der Waals surface area contributed by atoms with E-state index in [0.29, 0.717) is 17.4 Å². The Kier molecular flexibility index (Phi) is 7.41. The summed E-state index contributed by atoms with van der Waals surface area (Å²) in [6, 6.07) is 13.7. The number of hydrogen-bond acceptors (Lipinski definition) is 12. The number of benzene rings is 4. The van der Waals surface area contributed by atoms with Crippen LogP contribution in [0.5, 0.6) is 5.75 Å². The van der Waals surface area contributed by atoms with E-state index in [4.69, 9.17) is 10.3 Å². The number of aromatic hydroxyl groups is 1. The number of phenolic OH excluding ortho intramolecular Hbond substituents is 1. The summed E-state index contributed by atoms with van der Waals surface area (Å²) in [5.41, 5.74) is 5.85. The van der Waals surface area contributed by atoms with Gasteiger partial charge < -0.3 is 10.8 Å². The molecule has 0 heterocycles. The number of nitrogens with zero attached hydrogens (tertiary/aromatic N) is 4. The molecule has 18 heteroatoms. The van der Waals surface area contributed by atoms with Crippen LogP contribution in [0.1, 0.15) is 0 Å². The molecule has 0 fully saturated rings. The summed E-state index contributed by atoms with van der Waals surface area (Å²) >= 11 is 0. The highest BCUT2D eigenvalue weighted by atomic mass is 32.2. The summed E-state index contributed by atoms with van der Waals surface area (Å²) in [6.45, 7) is 0. The molecule has 0 atom stereocenters. The van der Waals surface area contributed by atoms with Crippen LogP contribution in [0, 0.1) is 0 Å². The van der Waals surface area contributed by atoms with Crippen molar-refractivity contribution in [1.82, 2.24) is 0 Å². The van der Waals surface area contributed by atoms with Gasteiger partial charge in [-0.3, -0.25) is 13.7 Å². The number of anilines is 1. The Morgan fingerprint density at radius 2 is 1.02 bits per heavy atom. The molecule has 0 unspecified atom stereocenters. The fraction of sp³-hybridized carbons (Fsp3) is 0. The smallest absolute Gasteiger partial charge is 0.296 e. The second kappa shape index (κ2) is 10.3. The van der Waals surface area contributed by atoms with Crippen molar-refractivity contribution >= 4 is 69.6 Å². The highest BCUT2D eigenvalue weighted by Gasteiger charge is 2.26. The quantitative estimate of drug-likeness (QED) is 0.109. The summed E-state index contributed by atoms with van der Waals surface area (Å²) in [6.07, 6.45) is 0. The highest BCUT2D eigenvalue weighted by molar-refractivity contribution is 7.87. The van der Waals surface area contributed by atoms with Crippen molar-refractivity contribution in [3.05, 3.63) is 66.7 Å². The van der Waals surface area contributed by atoms with E-state index in [1.165, 1.54) is 36.4 Å². The van der Waals surface area contributed by atoms with E-state index in [1.807, 2.05) is 0 Å². The van der Waals surface area contributed by atoms with Crippen LogP contribution in [0.2, 0.25) is 0 Å². The summed E-state index contributed by atoms with van der Waals surface area (Å²) < 4.78 is 97.2. The minimum atomic E-state index is -5.04. The van der Waals surface area contributed by atoms with Crippen molar-refractivity contribution in [2.24, 2.45) is 20.5 Å². The van der Waals surface area contributed by atoms with Gasteiger partial charge in [0.25, 0.3) is 30.4 Å². The van der Waals surface area contributed by atoms with Gasteiger partial charge in [0.15, 0.2) is 5.75 Å². The fourth-order valence-electron chi connectivity index (χ4n) is 3.46. The SMILES string of the molecule is Nc1c(S(=O)(=O)O)cc(S(=O)(=O)O)c2ccc(N=Nc3ccc(N=Nc4ccc(S(=O)(=O)O)cc4)cc3)c(O)c12. The van der Waals surface area contributed by atoms with Crippen molar-refractivity contribution in [2.75, 3.05) is 5.73 Å². The number of azo groups is 2. The monoisotopic (exact) mass is 607 g/mol. The van der Waals surface area contributed by atoms with Crippen LogP contribution in [0.3, 0.4) is 0 Å². The van der Waals surface area contributed by atoms with Gasteiger partial charge in [-0.05, 0) is 60.7 Å². The zero-order valence-corrected chi connectivity index (χ0v) is 22.1. The fourth-order valence-corrected chi connectivity index (χ4v) is 5.38. The van der Waals surface area contributed by atoms with E-state index in [9.17, 15) is 39.5 Å². The number of hydrogen-bond donors (Lipinski definition) is 5. The maximum Gasteiger partial charge on any atom is 0.296 e. The third-order valence-electron chi connectivity index (χ3n) is 5.31. The van der Waals surface area contributed by atoms with Gasteiger partial charge in [-0.2, -0.15) is 40.6 Å². The molecule has 15 nitrogen and oxygen atoms in total. The minimum Gasteiger partial charge on any atom is -0.505 e. The summed E-state index contributed by atoms with van der Waals surface area (Å²) in [5, 5.41) is 25.6. The summed E-state index contributed by atoms with van der Waals surface area (Å²) in [4.78, 5) is -2.25. The second-order valence-corrected chi connectivity index (χ2v) is 12.2. The van der Waals surface area contributed by atoms with Crippen molar-refractivity contribution < 1.29 is 44.0 Å². The molecule has 0 aliphatic carbocycles. The van der Waals surface area contributed by atoms with Crippen LogP contribution in [-0.4, -0.2) is 44.0 Å². The van der Waals surface area contributed by atoms with Crippen LogP contribution in [0.25, 0.3) is 10.8 Å². The van der Waals surface area contributed by atoms with Gasteiger partial charge in [0, 0.05) is 5.39 Å². The van der Waals surface area contributed by atoms with E-state index in [-0.39, 0.29) is 21.7 Å². The van der Waals surface area contributed by atoms with Gasteiger partial charge in [-0.15, -0.1) is 5.11 Å². The molecule has 0 amide bonds. The average molecular weight is 608 g/mol. The van der Waals surface area contributed by atoms with Crippen LogP contribution < -0.4 is 5.73 Å². The average Bonchev–Trinajstić information content (AvgIpc) is 2.86. The first kappa shape index (κ1) is 28.7. The topological polar surface area (TPSA) is 259 Å². The Morgan fingerprint density at radius 3 is 1.48 bits per heavy atom. The molecule has 0 saturated heterocycles. The lowest BCUT2D eigenvalue weighted by Crippen LogP contribution is -2.08. The van der Waals surface area contributed by atoms with Crippen molar-refractivity contribution in [3.63, 3.8) is 0 Å². The van der Waals surface area contributed by atoms with Gasteiger partial charge in [0.05, 0.1) is 33.0 Å². The molecule has 0 aliphatic rings. The standard InChI is InChI=1S/C22H17N5O10S3/c23-21-19(40(35,36)37)11-18(39(32,33)34)16-9-10-17(22(28)20(16)21)27-26-13-3-1-12(2-4-13)24-25-14-5-7-15(8-6-14)38(29,30)31/h1-11,28H,23H2,(H,29,30,31)(H,32,33,34)(H,35,36,37). The Bertz CT molecular complexity index is 2030. The predicted molar refractivity (Wildman–Crippen MR) is 141 cm³/mol. The van der Waals surface area contributed by atoms with Gasteiger partial charge >= 0.3 is 0 Å². The first-order chi connectivity index (χ1) is 18.6. The van der Waals surface area contributed by atoms with E-state index < -0.39 is 57.0 Å². The van der Waals surface area contributed by atoms with Crippen LogP contribution in [0.15, 0.2) is 102 Å². The Hall–Kier alpha value is -4.33. The Morgan fingerprint density at radius 1 is 0.575 bits per heavy atom. The molecule has 4 aromatic carbocycles. The zero-order valence-electron chi connectivity index (χ0n) is 19.7. The van der Waals surface area contributed by atoms with Crippen molar-refractivity contribution in [1.29, 1.82) is 0 Å². The second-order valence-electron chi connectivity index (χ2n) is 7.98. The maximum absolute atomic E-state index is 11.8. The molecule has 0 bridgehead atoms. The lowest BCUT2D eigenvalue weighted by atomic mass is 10.1. The normalized spacial score (nSPS) is 13.0. The molecule has 4 aromatic rings. The number of fused-ring (bicyclic) bond motifs is 1. The predicted octanol–water partition coefficient (Wildman–Crippen LogP) is 4.70. The zero-order chi connectivity index (χ0) is 29.5. The largest absolute Gasteiger partial charge is 0.505 e. The molecule has 208 valence electrons. The van der Waals surface area contributed by atoms with Crippen LogP contribution >= 0.6 is 0 Å². The van der Waals surface area contributed by atoms with E-state index in [1.54, 1.807) is 0 Å². The molecule has 0 radical (unpaired) electrons. The number of rotatable bonds is 7. The van der Waals surface area contributed by atoms with Crippen LogP contribution in [-0.2, 0) is 30.4 Å². The lowest BCUT2D eigenvalue weighted by molar-refractivity contribution is 0.478. The number of nitrogens with two attached hydrogens (primary N) is 1. The molecular weight excluding hydrogens is 590 g/mol. The molecule has 0 aromatic heterocycles. The first-order valence-electron chi connectivity index (χ1n) is 10.6. The molecule has 6 N–H and O–H groups in total. The minimum absolute atomic E-state index is 0.245. The molecule has 0 spiro atoms. The van der Waals surface area contributed by atoms with Crippen LogP contribution in [0.4, 0.5) is 28.4 Å². The van der Waals surface area contributed by atoms with Gasteiger partial charge in [0.2, 0.25) is 0 Å². The van der Waals surface area contributed by atoms with Gasteiger partial charge in [-0.1, -0.05) is 6.07 Å². The molecule has 0 aliphatic heterocycles. The molecular formula is C22H17N5O10S3. The third kappa shape index (κ3) is 6.11. The van der Waals surface area contributed by atoms with Crippen molar-refractivity contribution in [3.8, 4) is 5.75 Å². The van der Waals surface area contributed by atoms with E-state index in [2.05, 4.69) is 20.5 Å². The highest BCUT2D eigenvalue weighted by Crippen LogP contribution is 2.43. The third-order valence-corrected chi connectivity index (χ3v) is 7.97. The Balaban J connectivity index is 1.64. The van der Waals surface area contributed by atoms with Gasteiger partial charge in [-0.25, -0.2) is 0 Å². The molecule has 0 saturated carbocycles. The molecule has 40 heavy (non-hydrogen) atoms. The summed E-state index contributed by atoms with van der Waals surface area (Å²) in [5.74, 6) is -0.764. The van der Waals surface area contributed by atoms with Gasteiger partial charge in [0.1, 0.15) is 15.5 Å².